The third kappa shape index (κ3) is 61.2. The molecule has 0 aromatic rings. The summed E-state index contributed by atoms with van der Waals surface area (Å²) in [4.78, 5) is 23.2. The summed E-state index contributed by atoms with van der Waals surface area (Å²) < 4.78 is 10.7. The molecule has 386 valence electrons. The van der Waals surface area contributed by atoms with Crippen LogP contribution in [0.4, 0.5) is 0 Å². The Balaban J connectivity index is -0.000000908. The van der Waals surface area contributed by atoms with Crippen LogP contribution in [0.3, 0.4) is 0 Å². The molecule has 0 aliphatic heterocycles. The van der Waals surface area contributed by atoms with Crippen molar-refractivity contribution in [1.82, 2.24) is 4.90 Å². The number of hydrogen-bond acceptors (Lipinski definition) is 6. The summed E-state index contributed by atoms with van der Waals surface area (Å²) in [5.74, 6) is 1.64. The fraction of sp³-hybridized carbons (Fsp3) is 0.966. The first-order valence-electron chi connectivity index (χ1n) is 28.7. The van der Waals surface area contributed by atoms with Crippen LogP contribution in [-0.4, -0.2) is 76.3 Å². The van der Waals surface area contributed by atoms with Crippen LogP contribution in [0.2, 0.25) is 0 Å². The van der Waals surface area contributed by atoms with Gasteiger partial charge >= 0.3 is 0 Å². The zero-order valence-electron chi connectivity index (χ0n) is 44.8. The molecule has 0 aliphatic rings. The zero-order chi connectivity index (χ0) is 47.5. The first-order valence-corrected chi connectivity index (χ1v) is 28.7. The second-order valence-corrected chi connectivity index (χ2v) is 19.6. The van der Waals surface area contributed by atoms with Gasteiger partial charge in [0.1, 0.15) is 12.6 Å². The zero-order valence-corrected chi connectivity index (χ0v) is 44.8. The minimum Gasteiger partial charge on any atom is -0.396 e. The van der Waals surface area contributed by atoms with Crippen molar-refractivity contribution in [2.24, 2.45) is 11.8 Å². The molecule has 0 aromatic carbocycles. The number of unbranched alkanes of at least 4 members (excludes halogenated alkanes) is 31. The highest BCUT2D eigenvalue weighted by atomic mass is 16.5. The lowest BCUT2D eigenvalue weighted by Gasteiger charge is -2.22. The van der Waals surface area contributed by atoms with Gasteiger partial charge in [-0.2, -0.15) is 0 Å². The van der Waals surface area contributed by atoms with Gasteiger partial charge in [0.15, 0.2) is 0 Å². The Morgan fingerprint density at radius 2 is 0.609 bits per heavy atom. The highest BCUT2D eigenvalue weighted by molar-refractivity contribution is 5.49. The molecule has 2 unspecified atom stereocenters. The molecule has 1 N–H and O–H groups in total. The third-order valence-corrected chi connectivity index (χ3v) is 13.1. The van der Waals surface area contributed by atoms with Gasteiger partial charge in [-0.3, -0.25) is 0 Å². The standard InChI is InChI=1S/C24H47NO3.2C17H36O/c26-22-16-11-7-3-1-5-9-13-19-25(21-15-18-24-28)20-14-10-6-2-4-8-12-17-23-27;2*1-4-6-8-10-11-13-15-17(16-18-3)14-12-9-7-5-2/h22-23,28H,1-21,24H2;2*17H,4-16H2,1-3H3. The van der Waals surface area contributed by atoms with Crippen LogP contribution in [0, 0.1) is 11.8 Å². The average molecular weight is 911 g/mol. The van der Waals surface area contributed by atoms with Crippen LogP contribution < -0.4 is 0 Å². The normalized spacial score (nSPS) is 12.1. The maximum Gasteiger partial charge on any atom is 0.119 e. The van der Waals surface area contributed by atoms with Crippen LogP contribution in [-0.2, 0) is 19.1 Å². The Morgan fingerprint density at radius 1 is 0.359 bits per heavy atom. The number of carbonyl (C=O) groups is 2. The monoisotopic (exact) mass is 910 g/mol. The highest BCUT2D eigenvalue weighted by Crippen LogP contribution is 2.21. The summed E-state index contributed by atoms with van der Waals surface area (Å²) in [5, 5.41) is 9.02. The third-order valence-electron chi connectivity index (χ3n) is 13.1. The molecular weight excluding hydrogens is 791 g/mol. The van der Waals surface area contributed by atoms with E-state index in [1.54, 1.807) is 0 Å². The van der Waals surface area contributed by atoms with Crippen molar-refractivity contribution in [3.8, 4) is 0 Å². The van der Waals surface area contributed by atoms with E-state index in [2.05, 4.69) is 32.6 Å². The van der Waals surface area contributed by atoms with Gasteiger partial charge in [-0.15, -0.1) is 0 Å². The maximum atomic E-state index is 10.3. The summed E-state index contributed by atoms with van der Waals surface area (Å²) in [6.45, 7) is 14.9. The molecule has 6 heteroatoms. The number of rotatable bonds is 52. The van der Waals surface area contributed by atoms with Gasteiger partial charge in [-0.1, -0.05) is 220 Å². The molecule has 2 atom stereocenters. The fourth-order valence-electron chi connectivity index (χ4n) is 8.92. The lowest BCUT2D eigenvalue weighted by molar-refractivity contribution is -0.108. The van der Waals surface area contributed by atoms with Gasteiger partial charge in [0.05, 0.1) is 0 Å². The SMILES string of the molecule is CCCCCCCCC(CCCCCC)COC.CCCCCCCCC(CCCCCC)COC.O=CCCCCCCCCCN(CCCCO)CCCCCCCCCC=O. The molecule has 0 rings (SSSR count). The van der Waals surface area contributed by atoms with Gasteiger partial charge in [0.25, 0.3) is 0 Å². The topological polar surface area (TPSA) is 76.1 Å². The smallest absolute Gasteiger partial charge is 0.119 e. The van der Waals surface area contributed by atoms with E-state index in [-0.39, 0.29) is 0 Å². The average Bonchev–Trinajstić information content (AvgIpc) is 3.30. The van der Waals surface area contributed by atoms with Gasteiger partial charge in [0.2, 0.25) is 0 Å². The molecular formula is C58H119NO5. The number of aliphatic hydroxyl groups excluding tert-OH is 1. The Bertz CT molecular complexity index is 752. The van der Waals surface area contributed by atoms with Crippen molar-refractivity contribution >= 4 is 12.6 Å². The van der Waals surface area contributed by atoms with Crippen LogP contribution in [0.25, 0.3) is 0 Å². The molecule has 0 amide bonds. The Morgan fingerprint density at radius 3 is 0.891 bits per heavy atom. The molecule has 0 fully saturated rings. The van der Waals surface area contributed by atoms with Crippen molar-refractivity contribution < 1.29 is 24.2 Å². The predicted molar refractivity (Wildman–Crippen MR) is 283 cm³/mol. The molecule has 0 aromatic heterocycles. The van der Waals surface area contributed by atoms with E-state index in [9.17, 15) is 9.59 Å². The minimum atomic E-state index is 0.308. The first-order chi connectivity index (χ1) is 31.5. The molecule has 0 spiro atoms. The molecule has 0 saturated carbocycles. The number of aldehydes is 2. The van der Waals surface area contributed by atoms with E-state index in [4.69, 9.17) is 14.6 Å². The van der Waals surface area contributed by atoms with Crippen LogP contribution in [0.1, 0.15) is 297 Å². The number of carbonyl (C=O) groups excluding carboxylic acids is 2. The number of methoxy groups -OCH3 is 2. The second kappa shape index (κ2) is 64.3. The largest absolute Gasteiger partial charge is 0.396 e. The summed E-state index contributed by atoms with van der Waals surface area (Å²) in [7, 11) is 3.70. The predicted octanol–water partition coefficient (Wildman–Crippen LogP) is 17.6. The summed E-state index contributed by atoms with van der Waals surface area (Å²) >= 11 is 0. The number of ether oxygens (including phenoxy) is 2. The molecule has 0 aliphatic carbocycles. The molecule has 6 nitrogen and oxygen atoms in total. The molecule has 0 saturated heterocycles. The van der Waals surface area contributed by atoms with Gasteiger partial charge in [-0.25, -0.2) is 0 Å². The van der Waals surface area contributed by atoms with Crippen molar-refractivity contribution in [3.05, 3.63) is 0 Å². The van der Waals surface area contributed by atoms with E-state index in [1.165, 1.54) is 244 Å². The Kier molecular flexibility index (Phi) is 67.7. The molecule has 0 heterocycles. The first kappa shape index (κ1) is 67.4. The van der Waals surface area contributed by atoms with Crippen molar-refractivity contribution in [3.63, 3.8) is 0 Å². The minimum absolute atomic E-state index is 0.308. The van der Waals surface area contributed by atoms with Gasteiger partial charge in [-0.05, 0) is 95.7 Å². The highest BCUT2D eigenvalue weighted by Gasteiger charge is 2.09. The van der Waals surface area contributed by atoms with E-state index >= 15 is 0 Å². The molecule has 64 heavy (non-hydrogen) atoms. The lowest BCUT2D eigenvalue weighted by atomic mass is 9.95. The van der Waals surface area contributed by atoms with E-state index < -0.39 is 0 Å². The van der Waals surface area contributed by atoms with Crippen LogP contribution in [0.5, 0.6) is 0 Å². The second-order valence-electron chi connectivity index (χ2n) is 19.6. The molecule has 0 radical (unpaired) electrons. The van der Waals surface area contributed by atoms with E-state index in [1.807, 2.05) is 14.2 Å². The number of nitrogens with zero attached hydrogens (tertiary/aromatic N) is 1. The Labute approximate surface area is 403 Å². The van der Waals surface area contributed by atoms with E-state index in [0.29, 0.717) is 6.61 Å². The van der Waals surface area contributed by atoms with Crippen molar-refractivity contribution in [1.29, 1.82) is 0 Å². The number of hydrogen-bond donors (Lipinski definition) is 1. The van der Waals surface area contributed by atoms with Gasteiger partial charge < -0.3 is 29.1 Å². The van der Waals surface area contributed by atoms with Crippen molar-refractivity contribution in [2.45, 2.75) is 297 Å². The van der Waals surface area contributed by atoms with E-state index in [0.717, 1.165) is 82.7 Å². The van der Waals surface area contributed by atoms with Crippen LogP contribution >= 0.6 is 0 Å². The quantitative estimate of drug-likeness (QED) is 0.0484. The van der Waals surface area contributed by atoms with Crippen LogP contribution in [0.15, 0.2) is 0 Å². The maximum absolute atomic E-state index is 10.3. The fourth-order valence-corrected chi connectivity index (χ4v) is 8.92. The van der Waals surface area contributed by atoms with Crippen molar-refractivity contribution in [2.75, 3.05) is 53.7 Å². The van der Waals surface area contributed by atoms with Gasteiger partial charge in [0, 0.05) is 46.9 Å². The summed E-state index contributed by atoms with van der Waals surface area (Å²) in [6, 6.07) is 0. The number of aliphatic hydroxyl groups is 1. The molecule has 0 bridgehead atoms. The summed E-state index contributed by atoms with van der Waals surface area (Å²) in [5.41, 5.74) is 0. The lowest BCUT2D eigenvalue weighted by Crippen LogP contribution is -2.27. The Hall–Kier alpha value is -0.820. The summed E-state index contributed by atoms with van der Waals surface area (Å²) in [6.07, 6.45) is 56.5.